The van der Waals surface area contributed by atoms with Gasteiger partial charge in [-0.1, -0.05) is 43.5 Å². The highest BCUT2D eigenvalue weighted by Crippen LogP contribution is 2.54. The van der Waals surface area contributed by atoms with Crippen molar-refractivity contribution in [2.75, 3.05) is 19.0 Å². The van der Waals surface area contributed by atoms with Crippen molar-refractivity contribution in [1.29, 1.82) is 0 Å². The number of dihydropyridines is 1. The zero-order valence-corrected chi connectivity index (χ0v) is 33.3. The summed E-state index contributed by atoms with van der Waals surface area (Å²) in [4.78, 5) is 15.4. The van der Waals surface area contributed by atoms with E-state index in [0.29, 0.717) is 43.5 Å². The predicted octanol–water partition coefficient (Wildman–Crippen LogP) is 9.02. The molecule has 3 unspecified atom stereocenters. The van der Waals surface area contributed by atoms with Crippen LogP contribution in [0.5, 0.6) is 34.5 Å². The largest absolute Gasteiger partial charge is 0.508 e. The standard InChI is InChI=1S/C48H56N2O8/c1-57-43-23-29(9-17-39(43)52)10-18-40(53)46-41(54)25-30(32-26-42(55)47(56)44(27-32)58-35-7-3-2-4-8-35)11-14-37-36-15-13-34(51)24-31(36)12-16-38(37)50-45-28-33(19-22-49-45)48(46)20-5-6-21-48/h9,12-13,15-17,19,23-24,26-28,30,35,40,46,49-53,55-56H,2-8,10-11,14,18,20-22,25H2,1H3. The van der Waals surface area contributed by atoms with Gasteiger partial charge in [-0.25, -0.2) is 0 Å². The molecule has 10 nitrogen and oxygen atoms in total. The molecular formula is C48H56N2O8. The van der Waals surface area contributed by atoms with Gasteiger partial charge in [-0.15, -0.1) is 0 Å². The number of carbonyl (C=O) groups is 1. The van der Waals surface area contributed by atoms with E-state index in [1.54, 1.807) is 36.4 Å². The van der Waals surface area contributed by atoms with Gasteiger partial charge in [-0.3, -0.25) is 4.79 Å². The van der Waals surface area contributed by atoms with E-state index in [1.165, 1.54) is 7.11 Å². The fourth-order valence-corrected chi connectivity index (χ4v) is 10.3. The summed E-state index contributed by atoms with van der Waals surface area (Å²) < 4.78 is 11.7. The molecule has 4 aliphatic rings. The summed E-state index contributed by atoms with van der Waals surface area (Å²) >= 11 is 0. The number of fused-ring (bicyclic) bond motifs is 5. The summed E-state index contributed by atoms with van der Waals surface area (Å²) in [6.07, 6.45) is 13.6. The number of rotatable bonds is 8. The summed E-state index contributed by atoms with van der Waals surface area (Å²) in [7, 11) is 1.51. The number of aromatic hydroxyl groups is 4. The number of phenolic OH excluding ortho intramolecular Hbond substituents is 4. The van der Waals surface area contributed by atoms with Gasteiger partial charge in [0.1, 0.15) is 17.4 Å². The van der Waals surface area contributed by atoms with Crippen LogP contribution in [0.4, 0.5) is 5.69 Å². The quantitative estimate of drug-likeness (QED) is 0.0859. The van der Waals surface area contributed by atoms with Crippen LogP contribution in [0.25, 0.3) is 10.8 Å². The number of hydrogen-bond acceptors (Lipinski definition) is 10. The number of aliphatic hydroxyl groups is 1. The Morgan fingerprint density at radius 3 is 2.47 bits per heavy atom. The lowest BCUT2D eigenvalue weighted by atomic mass is 9.62. The van der Waals surface area contributed by atoms with Gasteiger partial charge in [0.2, 0.25) is 5.75 Å². The number of phenols is 4. The Labute approximate surface area is 340 Å². The number of ketones is 1. The number of hydrogen-bond donors (Lipinski definition) is 7. The first kappa shape index (κ1) is 39.5. The van der Waals surface area contributed by atoms with Crippen molar-refractivity contribution >= 4 is 22.2 Å². The molecule has 2 aliphatic heterocycles. The number of Topliss-reactive ketones (excluding diaryl/α,β-unsaturated/α-hetero) is 1. The van der Waals surface area contributed by atoms with Gasteiger partial charge in [-0.2, -0.15) is 0 Å². The molecule has 4 aromatic carbocycles. The molecule has 3 atom stereocenters. The maximum absolute atomic E-state index is 15.4. The van der Waals surface area contributed by atoms with Gasteiger partial charge < -0.3 is 45.6 Å². The van der Waals surface area contributed by atoms with Gasteiger partial charge in [-0.05, 0) is 152 Å². The summed E-state index contributed by atoms with van der Waals surface area (Å²) in [5.41, 5.74) is 3.97. The minimum atomic E-state index is -0.969. The fourth-order valence-electron chi connectivity index (χ4n) is 10.3. The van der Waals surface area contributed by atoms with E-state index in [9.17, 15) is 25.5 Å². The molecule has 2 fully saturated rings. The Balaban J connectivity index is 1.23. The number of allylic oxidation sites excluding steroid dienone is 2. The molecule has 2 aliphatic carbocycles. The maximum atomic E-state index is 15.4. The average Bonchev–Trinajstić information content (AvgIpc) is 3.72. The van der Waals surface area contributed by atoms with Crippen molar-refractivity contribution in [2.24, 2.45) is 11.3 Å². The summed E-state index contributed by atoms with van der Waals surface area (Å²) in [6.45, 7) is 0.566. The molecule has 58 heavy (non-hydrogen) atoms. The van der Waals surface area contributed by atoms with Crippen molar-refractivity contribution in [3.63, 3.8) is 0 Å². The first-order valence-corrected chi connectivity index (χ1v) is 21.1. The normalized spacial score (nSPS) is 21.7. The molecule has 0 saturated heterocycles. The molecule has 2 bridgehead atoms. The topological polar surface area (TPSA) is 161 Å². The van der Waals surface area contributed by atoms with E-state index >= 15 is 4.79 Å². The molecule has 0 aromatic heterocycles. The van der Waals surface area contributed by atoms with E-state index in [2.05, 4.69) is 22.8 Å². The molecule has 10 heteroatoms. The minimum absolute atomic E-state index is 0.0327. The van der Waals surface area contributed by atoms with Crippen molar-refractivity contribution < 1.29 is 39.8 Å². The summed E-state index contributed by atoms with van der Waals surface area (Å²) in [6, 6.07) is 18.0. The second kappa shape index (κ2) is 16.9. The van der Waals surface area contributed by atoms with Crippen LogP contribution in [0.3, 0.4) is 0 Å². The highest BCUT2D eigenvalue weighted by atomic mass is 16.5. The minimum Gasteiger partial charge on any atom is -0.508 e. The van der Waals surface area contributed by atoms with Gasteiger partial charge in [0, 0.05) is 24.1 Å². The second-order valence-corrected chi connectivity index (χ2v) is 16.8. The van der Waals surface area contributed by atoms with Crippen molar-refractivity contribution in [2.45, 2.75) is 108 Å². The molecule has 1 spiro atoms. The van der Waals surface area contributed by atoms with Crippen LogP contribution in [-0.4, -0.2) is 57.2 Å². The molecule has 306 valence electrons. The maximum Gasteiger partial charge on any atom is 0.200 e. The van der Waals surface area contributed by atoms with E-state index < -0.39 is 23.4 Å². The van der Waals surface area contributed by atoms with E-state index in [1.807, 2.05) is 24.3 Å². The van der Waals surface area contributed by atoms with Gasteiger partial charge in [0.25, 0.3) is 0 Å². The lowest BCUT2D eigenvalue weighted by Crippen LogP contribution is -2.44. The van der Waals surface area contributed by atoms with Crippen molar-refractivity contribution in [1.82, 2.24) is 5.32 Å². The molecule has 2 heterocycles. The zero-order chi connectivity index (χ0) is 40.4. The Morgan fingerprint density at radius 1 is 0.862 bits per heavy atom. The van der Waals surface area contributed by atoms with Crippen molar-refractivity contribution in [3.8, 4) is 34.5 Å². The number of carbonyl (C=O) groups excluding carboxylic acids is 1. The monoisotopic (exact) mass is 788 g/mol. The van der Waals surface area contributed by atoms with E-state index in [4.69, 9.17) is 9.47 Å². The fraction of sp³-hybridized carbons (Fsp3) is 0.438. The number of anilines is 1. The van der Waals surface area contributed by atoms with Crippen LogP contribution in [0.15, 0.2) is 84.2 Å². The Hall–Kier alpha value is -5.35. The molecule has 0 radical (unpaired) electrons. The summed E-state index contributed by atoms with van der Waals surface area (Å²) in [5, 5.41) is 64.4. The van der Waals surface area contributed by atoms with Crippen LogP contribution < -0.4 is 20.1 Å². The Kier molecular flexibility index (Phi) is 11.5. The number of benzene rings is 4. The SMILES string of the molecule is COc1cc(CCC(O)C2C(=O)CC(c3cc(O)c(O)c(OC4CCCCC4)c3)CCc3c(ccc4cc(O)ccc34)NC3=CC(=CCN3)C23CCCC3)ccc1O. The summed E-state index contributed by atoms with van der Waals surface area (Å²) in [5.74, 6) is -0.0908. The molecule has 8 rings (SSSR count). The Bertz CT molecular complexity index is 2220. The van der Waals surface area contributed by atoms with Crippen LogP contribution in [0, 0.1) is 11.3 Å². The first-order valence-electron chi connectivity index (χ1n) is 21.1. The van der Waals surface area contributed by atoms with Gasteiger partial charge in [0.05, 0.1) is 25.2 Å². The van der Waals surface area contributed by atoms with Gasteiger partial charge in [0.15, 0.2) is 23.0 Å². The second-order valence-electron chi connectivity index (χ2n) is 16.8. The third kappa shape index (κ3) is 8.04. The molecule has 4 aromatic rings. The van der Waals surface area contributed by atoms with Crippen LogP contribution in [0.1, 0.15) is 99.7 Å². The van der Waals surface area contributed by atoms with Crippen LogP contribution in [-0.2, 0) is 17.6 Å². The third-order valence-corrected chi connectivity index (χ3v) is 13.3. The van der Waals surface area contributed by atoms with E-state index in [-0.39, 0.29) is 47.1 Å². The van der Waals surface area contributed by atoms with Crippen LogP contribution >= 0.6 is 0 Å². The molecule has 0 amide bonds. The first-order chi connectivity index (χ1) is 28.1. The molecule has 2 saturated carbocycles. The number of nitrogens with one attached hydrogen (secondary N) is 2. The Morgan fingerprint density at radius 2 is 1.67 bits per heavy atom. The number of aliphatic hydroxyl groups excluding tert-OH is 1. The lowest BCUT2D eigenvalue weighted by Gasteiger charge is -2.42. The molecular weight excluding hydrogens is 733 g/mol. The predicted molar refractivity (Wildman–Crippen MR) is 225 cm³/mol. The van der Waals surface area contributed by atoms with E-state index in [0.717, 1.165) is 96.8 Å². The zero-order valence-electron chi connectivity index (χ0n) is 33.3. The third-order valence-electron chi connectivity index (χ3n) is 13.3. The van der Waals surface area contributed by atoms with Crippen molar-refractivity contribution in [3.05, 3.63) is 101 Å². The van der Waals surface area contributed by atoms with Gasteiger partial charge >= 0.3 is 0 Å². The highest BCUT2D eigenvalue weighted by Gasteiger charge is 2.50. The number of ether oxygens (including phenoxy) is 2. The molecule has 7 N–H and O–H groups in total. The van der Waals surface area contributed by atoms with Crippen LogP contribution in [0.2, 0.25) is 0 Å². The number of methoxy groups -OCH3 is 1. The lowest BCUT2D eigenvalue weighted by molar-refractivity contribution is -0.132. The highest BCUT2D eigenvalue weighted by molar-refractivity contribution is 5.91. The number of aryl methyl sites for hydroxylation is 2. The average molecular weight is 789 g/mol. The smallest absolute Gasteiger partial charge is 0.200 e.